The van der Waals surface area contributed by atoms with Gasteiger partial charge in [-0.3, -0.25) is 4.79 Å². The van der Waals surface area contributed by atoms with E-state index in [1.165, 1.54) is 18.2 Å². The Balaban J connectivity index is 1.32. The van der Waals surface area contributed by atoms with Crippen LogP contribution in [0, 0.1) is 0 Å². The van der Waals surface area contributed by atoms with Gasteiger partial charge in [0.1, 0.15) is 11.5 Å². The van der Waals surface area contributed by atoms with Crippen molar-refractivity contribution in [3.8, 4) is 11.5 Å². The molecule has 0 aliphatic carbocycles. The van der Waals surface area contributed by atoms with Gasteiger partial charge in [0, 0.05) is 36.6 Å². The first-order valence-electron chi connectivity index (χ1n) is 10.9. The number of hydrogen-bond acceptors (Lipinski definition) is 4. The molecule has 1 aliphatic heterocycles. The first-order valence-corrected chi connectivity index (χ1v) is 10.9. The van der Waals surface area contributed by atoms with Crippen molar-refractivity contribution in [2.24, 2.45) is 0 Å². The molecule has 1 heterocycles. The van der Waals surface area contributed by atoms with E-state index >= 15 is 0 Å². The van der Waals surface area contributed by atoms with Crippen LogP contribution in [-0.4, -0.2) is 44.0 Å². The highest BCUT2D eigenvalue weighted by molar-refractivity contribution is 6.02. The third kappa shape index (κ3) is 5.77. The number of nitrogens with one attached hydrogen (secondary N) is 1. The van der Waals surface area contributed by atoms with Gasteiger partial charge in [0.25, 0.3) is 0 Å². The van der Waals surface area contributed by atoms with Crippen LogP contribution < -0.4 is 15.0 Å². The van der Waals surface area contributed by atoms with Crippen molar-refractivity contribution in [1.29, 1.82) is 0 Å². The molecule has 0 bridgehead atoms. The van der Waals surface area contributed by atoms with Crippen LogP contribution in [0.4, 0.5) is 11.4 Å². The van der Waals surface area contributed by atoms with Crippen LogP contribution >= 0.6 is 0 Å². The van der Waals surface area contributed by atoms with Gasteiger partial charge in [0.2, 0.25) is 5.91 Å². The second-order valence-electron chi connectivity index (χ2n) is 8.21. The van der Waals surface area contributed by atoms with Crippen LogP contribution in [0.1, 0.15) is 12.0 Å². The van der Waals surface area contributed by atoms with E-state index in [0.29, 0.717) is 6.04 Å². The van der Waals surface area contributed by atoms with E-state index in [9.17, 15) is 4.79 Å². The Bertz CT molecular complexity index is 1060. The minimum atomic E-state index is -0.166. The first kappa shape index (κ1) is 21.7. The van der Waals surface area contributed by atoms with Crippen LogP contribution in [0.25, 0.3) is 6.08 Å². The Kier molecular flexibility index (Phi) is 6.87. The Morgan fingerprint density at radius 3 is 2.47 bits per heavy atom. The standard InChI is InChI=1S/C27H29N3O2/c1-29(2)24-17-18-30(20-24)23-14-12-22(13-15-23)28-27(31)16-11-21-7-6-10-26(19-21)32-25-8-4-3-5-9-25/h3-16,19,24H,17-18,20H2,1-2H3,(H,28,31)/b16-11+. The summed E-state index contributed by atoms with van der Waals surface area (Å²) in [6, 6.07) is 25.9. The van der Waals surface area contributed by atoms with Crippen LogP contribution in [0.2, 0.25) is 0 Å². The number of para-hydroxylation sites is 1. The third-order valence-electron chi connectivity index (χ3n) is 5.66. The number of likely N-dealkylation sites (N-methyl/N-ethyl adjacent to an activating group) is 1. The smallest absolute Gasteiger partial charge is 0.248 e. The normalized spacial score (nSPS) is 16.0. The minimum absolute atomic E-state index is 0.166. The Labute approximate surface area is 189 Å². The molecule has 5 nitrogen and oxygen atoms in total. The summed E-state index contributed by atoms with van der Waals surface area (Å²) in [7, 11) is 4.26. The van der Waals surface area contributed by atoms with E-state index in [1.807, 2.05) is 66.7 Å². The largest absolute Gasteiger partial charge is 0.457 e. The zero-order valence-corrected chi connectivity index (χ0v) is 18.6. The SMILES string of the molecule is CN(C)C1CCN(c2ccc(NC(=O)/C=C/c3cccc(Oc4ccccc4)c3)cc2)C1. The van der Waals surface area contributed by atoms with Crippen LogP contribution in [0.5, 0.6) is 11.5 Å². The lowest BCUT2D eigenvalue weighted by Crippen LogP contribution is -2.31. The molecule has 5 heteroatoms. The molecule has 1 N–H and O–H groups in total. The van der Waals surface area contributed by atoms with Gasteiger partial charge in [-0.2, -0.15) is 0 Å². The van der Waals surface area contributed by atoms with Crippen molar-refractivity contribution in [3.05, 3.63) is 90.5 Å². The molecule has 1 amide bonds. The molecule has 1 saturated heterocycles. The number of amides is 1. The number of carbonyl (C=O) groups is 1. The average molecular weight is 428 g/mol. The fourth-order valence-electron chi connectivity index (χ4n) is 3.82. The van der Waals surface area contributed by atoms with Crippen LogP contribution in [0.3, 0.4) is 0 Å². The molecule has 1 fully saturated rings. The van der Waals surface area contributed by atoms with Gasteiger partial charge in [-0.1, -0.05) is 30.3 Å². The van der Waals surface area contributed by atoms with Crippen molar-refractivity contribution in [1.82, 2.24) is 4.90 Å². The second kappa shape index (κ2) is 10.2. The lowest BCUT2D eigenvalue weighted by Gasteiger charge is -2.22. The highest BCUT2D eigenvalue weighted by Gasteiger charge is 2.23. The minimum Gasteiger partial charge on any atom is -0.457 e. The molecular formula is C27H29N3O2. The molecule has 3 aromatic rings. The summed E-state index contributed by atoms with van der Waals surface area (Å²) in [4.78, 5) is 17.0. The molecular weight excluding hydrogens is 398 g/mol. The number of nitrogens with zero attached hydrogens (tertiary/aromatic N) is 2. The quantitative estimate of drug-likeness (QED) is 0.522. The first-order chi connectivity index (χ1) is 15.6. The summed E-state index contributed by atoms with van der Waals surface area (Å²) in [6.45, 7) is 2.10. The number of rotatable bonds is 7. The van der Waals surface area contributed by atoms with Gasteiger partial charge in [-0.05, 0) is 80.7 Å². The summed E-state index contributed by atoms with van der Waals surface area (Å²) < 4.78 is 5.85. The maximum absolute atomic E-state index is 12.4. The van der Waals surface area contributed by atoms with E-state index < -0.39 is 0 Å². The maximum Gasteiger partial charge on any atom is 0.248 e. The van der Waals surface area contributed by atoms with E-state index in [0.717, 1.165) is 35.8 Å². The summed E-state index contributed by atoms with van der Waals surface area (Å²) in [5.41, 5.74) is 2.87. The summed E-state index contributed by atoms with van der Waals surface area (Å²) in [6.07, 6.45) is 4.50. The summed E-state index contributed by atoms with van der Waals surface area (Å²) >= 11 is 0. The predicted molar refractivity (Wildman–Crippen MR) is 131 cm³/mol. The maximum atomic E-state index is 12.4. The molecule has 0 radical (unpaired) electrons. The molecule has 1 unspecified atom stereocenters. The topological polar surface area (TPSA) is 44.8 Å². The van der Waals surface area contributed by atoms with Gasteiger partial charge in [-0.25, -0.2) is 0 Å². The summed E-state index contributed by atoms with van der Waals surface area (Å²) in [5.74, 6) is 1.34. The zero-order chi connectivity index (χ0) is 22.3. The highest BCUT2D eigenvalue weighted by atomic mass is 16.5. The van der Waals surface area contributed by atoms with Gasteiger partial charge in [0.15, 0.2) is 0 Å². The molecule has 32 heavy (non-hydrogen) atoms. The van der Waals surface area contributed by atoms with E-state index in [-0.39, 0.29) is 5.91 Å². The number of hydrogen-bond donors (Lipinski definition) is 1. The fourth-order valence-corrected chi connectivity index (χ4v) is 3.82. The molecule has 3 aromatic carbocycles. The Hall–Kier alpha value is -3.57. The second-order valence-corrected chi connectivity index (χ2v) is 8.21. The van der Waals surface area contributed by atoms with E-state index in [1.54, 1.807) is 6.08 Å². The molecule has 0 saturated carbocycles. The monoisotopic (exact) mass is 427 g/mol. The number of benzene rings is 3. The van der Waals surface area contributed by atoms with Gasteiger partial charge in [-0.15, -0.1) is 0 Å². The van der Waals surface area contributed by atoms with Crippen molar-refractivity contribution in [3.63, 3.8) is 0 Å². The Morgan fingerprint density at radius 2 is 1.75 bits per heavy atom. The molecule has 4 rings (SSSR count). The van der Waals surface area contributed by atoms with Crippen molar-refractivity contribution in [2.45, 2.75) is 12.5 Å². The molecule has 0 spiro atoms. The average Bonchev–Trinajstić information content (AvgIpc) is 3.30. The lowest BCUT2D eigenvalue weighted by molar-refractivity contribution is -0.111. The van der Waals surface area contributed by atoms with Gasteiger partial charge >= 0.3 is 0 Å². The van der Waals surface area contributed by atoms with E-state index in [2.05, 4.69) is 41.3 Å². The van der Waals surface area contributed by atoms with Crippen molar-refractivity contribution >= 4 is 23.4 Å². The van der Waals surface area contributed by atoms with Crippen LogP contribution in [0.15, 0.2) is 84.9 Å². The lowest BCUT2D eigenvalue weighted by atomic mass is 10.2. The zero-order valence-electron chi connectivity index (χ0n) is 18.6. The number of ether oxygens (including phenoxy) is 1. The third-order valence-corrected chi connectivity index (χ3v) is 5.66. The van der Waals surface area contributed by atoms with Gasteiger partial charge < -0.3 is 19.9 Å². The summed E-state index contributed by atoms with van der Waals surface area (Å²) in [5, 5.41) is 2.93. The van der Waals surface area contributed by atoms with Gasteiger partial charge in [0.05, 0.1) is 0 Å². The van der Waals surface area contributed by atoms with Crippen molar-refractivity contribution < 1.29 is 9.53 Å². The molecule has 0 aromatic heterocycles. The van der Waals surface area contributed by atoms with E-state index in [4.69, 9.17) is 4.74 Å². The molecule has 1 aliphatic rings. The molecule has 1 atom stereocenters. The van der Waals surface area contributed by atoms with Crippen LogP contribution in [-0.2, 0) is 4.79 Å². The predicted octanol–water partition coefficient (Wildman–Crippen LogP) is 5.27. The number of carbonyl (C=O) groups excluding carboxylic acids is 1. The highest BCUT2D eigenvalue weighted by Crippen LogP contribution is 2.24. The number of anilines is 2. The molecule has 164 valence electrons. The Morgan fingerprint density at radius 1 is 1.00 bits per heavy atom. The van der Waals surface area contributed by atoms with Crippen molar-refractivity contribution in [2.75, 3.05) is 37.4 Å². The fraction of sp³-hybridized carbons (Fsp3) is 0.222.